The van der Waals surface area contributed by atoms with Gasteiger partial charge in [0.2, 0.25) is 0 Å². The summed E-state index contributed by atoms with van der Waals surface area (Å²) in [5.41, 5.74) is 7.81. The Morgan fingerprint density at radius 1 is 1.09 bits per heavy atom. The maximum absolute atomic E-state index is 13.1. The average Bonchev–Trinajstić information content (AvgIpc) is 3.29. The summed E-state index contributed by atoms with van der Waals surface area (Å²) in [5, 5.41) is 0. The lowest BCUT2D eigenvalue weighted by molar-refractivity contribution is 0.628. The molecule has 2 fully saturated rings. The van der Waals surface area contributed by atoms with E-state index in [1.54, 1.807) is 12.1 Å². The zero-order chi connectivity index (χ0) is 15.1. The van der Waals surface area contributed by atoms with Crippen molar-refractivity contribution in [2.24, 2.45) is 5.73 Å². The van der Waals surface area contributed by atoms with Gasteiger partial charge < -0.3 is 10.6 Å². The Morgan fingerprint density at radius 2 is 1.86 bits per heavy atom. The molecule has 22 heavy (non-hydrogen) atoms. The van der Waals surface area contributed by atoms with Crippen LogP contribution in [-0.2, 0) is 0 Å². The summed E-state index contributed by atoms with van der Waals surface area (Å²) >= 11 is 0. The monoisotopic (exact) mass is 298 g/mol. The summed E-state index contributed by atoms with van der Waals surface area (Å²) in [4.78, 5) is 11.7. The Hall–Kier alpha value is -2.01. The van der Waals surface area contributed by atoms with Gasteiger partial charge in [0.05, 0.1) is 5.69 Å². The van der Waals surface area contributed by atoms with E-state index >= 15 is 0 Å². The van der Waals surface area contributed by atoms with Gasteiger partial charge >= 0.3 is 0 Å². The minimum absolute atomic E-state index is 0.216. The molecule has 2 aromatic rings. The summed E-state index contributed by atoms with van der Waals surface area (Å²) in [6, 6.07) is 8.70. The van der Waals surface area contributed by atoms with Crippen LogP contribution < -0.4 is 10.6 Å². The highest BCUT2D eigenvalue weighted by Gasteiger charge is 2.29. The van der Waals surface area contributed by atoms with Crippen molar-refractivity contribution >= 4 is 5.82 Å². The van der Waals surface area contributed by atoms with Crippen molar-refractivity contribution in [1.29, 1.82) is 0 Å². The first-order valence-corrected chi connectivity index (χ1v) is 7.84. The molecule has 1 aromatic carbocycles. The number of aromatic nitrogens is 2. The van der Waals surface area contributed by atoms with E-state index < -0.39 is 0 Å². The van der Waals surface area contributed by atoms with Crippen LogP contribution >= 0.6 is 0 Å². The van der Waals surface area contributed by atoms with Gasteiger partial charge in [-0.25, -0.2) is 14.4 Å². The van der Waals surface area contributed by atoms with E-state index in [9.17, 15) is 4.39 Å². The van der Waals surface area contributed by atoms with Gasteiger partial charge in [-0.2, -0.15) is 0 Å². The van der Waals surface area contributed by atoms with Crippen LogP contribution in [0.5, 0.6) is 0 Å². The Balaban J connectivity index is 1.74. The molecule has 114 valence electrons. The lowest BCUT2D eigenvalue weighted by Gasteiger charge is -2.18. The molecule has 0 unspecified atom stereocenters. The zero-order valence-corrected chi connectivity index (χ0v) is 12.4. The molecule has 1 aromatic heterocycles. The summed E-state index contributed by atoms with van der Waals surface area (Å²) < 4.78 is 13.1. The molecule has 0 spiro atoms. The van der Waals surface area contributed by atoms with Crippen molar-refractivity contribution in [3.05, 3.63) is 42.0 Å². The summed E-state index contributed by atoms with van der Waals surface area (Å²) in [5.74, 6) is 2.11. The topological polar surface area (TPSA) is 55.0 Å². The first kappa shape index (κ1) is 13.6. The highest BCUT2D eigenvalue weighted by molar-refractivity contribution is 5.63. The van der Waals surface area contributed by atoms with Gasteiger partial charge in [0.25, 0.3) is 0 Å². The van der Waals surface area contributed by atoms with Gasteiger partial charge in [-0.1, -0.05) is 0 Å². The second kappa shape index (κ2) is 5.32. The molecular formula is C17H19FN4. The molecule has 0 amide bonds. The van der Waals surface area contributed by atoms with Crippen molar-refractivity contribution in [3.63, 3.8) is 0 Å². The number of halogens is 1. The molecule has 1 saturated heterocycles. The van der Waals surface area contributed by atoms with E-state index in [1.165, 1.54) is 12.1 Å². The zero-order valence-electron chi connectivity index (χ0n) is 12.4. The molecule has 1 aliphatic heterocycles. The van der Waals surface area contributed by atoms with E-state index in [4.69, 9.17) is 15.7 Å². The van der Waals surface area contributed by atoms with Gasteiger partial charge in [-0.05, 0) is 43.5 Å². The lowest BCUT2D eigenvalue weighted by atomic mass is 10.1. The largest absolute Gasteiger partial charge is 0.355 e. The molecule has 5 heteroatoms. The van der Waals surface area contributed by atoms with Crippen molar-refractivity contribution in [3.8, 4) is 11.3 Å². The molecule has 1 aliphatic carbocycles. The number of nitrogens with two attached hydrogens (primary N) is 1. The lowest BCUT2D eigenvalue weighted by Crippen LogP contribution is -2.27. The Kier molecular flexibility index (Phi) is 3.30. The van der Waals surface area contributed by atoms with Gasteiger partial charge in [-0.3, -0.25) is 0 Å². The van der Waals surface area contributed by atoms with Crippen LogP contribution in [0.1, 0.15) is 31.0 Å². The van der Waals surface area contributed by atoms with Crippen LogP contribution in [0.25, 0.3) is 11.3 Å². The predicted molar refractivity (Wildman–Crippen MR) is 84.2 cm³/mol. The van der Waals surface area contributed by atoms with Crippen LogP contribution in [0.4, 0.5) is 10.2 Å². The fourth-order valence-electron chi connectivity index (χ4n) is 2.90. The maximum atomic E-state index is 13.1. The Morgan fingerprint density at radius 3 is 2.50 bits per heavy atom. The van der Waals surface area contributed by atoms with Gasteiger partial charge in [0.1, 0.15) is 17.5 Å². The minimum Gasteiger partial charge on any atom is -0.355 e. The highest BCUT2D eigenvalue weighted by Crippen LogP contribution is 2.39. The normalized spacial score (nSPS) is 21.4. The highest BCUT2D eigenvalue weighted by atomic mass is 19.1. The molecular weight excluding hydrogens is 279 g/mol. The predicted octanol–water partition coefficient (Wildman–Crippen LogP) is 2.70. The molecule has 2 aliphatic rings. The van der Waals surface area contributed by atoms with E-state index in [-0.39, 0.29) is 11.9 Å². The van der Waals surface area contributed by atoms with Gasteiger partial charge in [-0.15, -0.1) is 0 Å². The summed E-state index contributed by atoms with van der Waals surface area (Å²) in [7, 11) is 0. The van der Waals surface area contributed by atoms with Crippen LogP contribution in [0.15, 0.2) is 30.3 Å². The van der Waals surface area contributed by atoms with Crippen molar-refractivity contribution in [1.82, 2.24) is 9.97 Å². The van der Waals surface area contributed by atoms with Gasteiger partial charge in [0.15, 0.2) is 0 Å². The summed E-state index contributed by atoms with van der Waals surface area (Å²) in [6.45, 7) is 1.77. The molecule has 1 saturated carbocycles. The van der Waals surface area contributed by atoms with Crippen LogP contribution in [0, 0.1) is 5.82 Å². The third-order valence-electron chi connectivity index (χ3n) is 4.36. The second-order valence-corrected chi connectivity index (χ2v) is 6.25. The number of rotatable bonds is 3. The first-order chi connectivity index (χ1) is 10.7. The molecule has 0 bridgehead atoms. The standard InChI is InChI=1S/C17H19FN4/c18-13-5-3-11(4-6-13)15-9-16(22-8-7-14(19)10-22)21-17(20-15)12-1-2-12/h3-6,9,12,14H,1-2,7-8,10,19H2/t14-/m1/s1. The third kappa shape index (κ3) is 2.68. The van der Waals surface area contributed by atoms with Gasteiger partial charge in [0, 0.05) is 36.7 Å². The summed E-state index contributed by atoms with van der Waals surface area (Å²) in [6.07, 6.45) is 3.31. The van der Waals surface area contributed by atoms with Crippen LogP contribution in [0.3, 0.4) is 0 Å². The SMILES string of the molecule is N[C@@H]1CCN(c2cc(-c3ccc(F)cc3)nc(C3CC3)n2)C1. The first-order valence-electron chi connectivity index (χ1n) is 7.84. The molecule has 1 atom stereocenters. The molecule has 0 radical (unpaired) electrons. The number of benzene rings is 1. The average molecular weight is 298 g/mol. The van der Waals surface area contributed by atoms with E-state index in [0.29, 0.717) is 5.92 Å². The quantitative estimate of drug-likeness (QED) is 0.946. The van der Waals surface area contributed by atoms with Crippen molar-refractivity contribution < 1.29 is 4.39 Å². The molecule has 2 N–H and O–H groups in total. The smallest absolute Gasteiger partial charge is 0.134 e. The number of anilines is 1. The fourth-order valence-corrected chi connectivity index (χ4v) is 2.90. The van der Waals surface area contributed by atoms with Crippen LogP contribution in [-0.4, -0.2) is 29.1 Å². The van der Waals surface area contributed by atoms with E-state index in [2.05, 4.69) is 4.90 Å². The molecule has 4 nitrogen and oxygen atoms in total. The number of hydrogen-bond acceptors (Lipinski definition) is 4. The van der Waals surface area contributed by atoms with E-state index in [1.807, 2.05) is 6.07 Å². The Labute approximate surface area is 129 Å². The second-order valence-electron chi connectivity index (χ2n) is 6.25. The molecule has 4 rings (SSSR count). The maximum Gasteiger partial charge on any atom is 0.134 e. The van der Waals surface area contributed by atoms with Crippen molar-refractivity contribution in [2.75, 3.05) is 18.0 Å². The Bertz CT molecular complexity index is 682. The fraction of sp³-hybridized carbons (Fsp3) is 0.412. The van der Waals surface area contributed by atoms with Crippen LogP contribution in [0.2, 0.25) is 0 Å². The minimum atomic E-state index is -0.231. The van der Waals surface area contributed by atoms with Crippen molar-refractivity contribution in [2.45, 2.75) is 31.2 Å². The van der Waals surface area contributed by atoms with E-state index in [0.717, 1.165) is 55.3 Å². The third-order valence-corrected chi connectivity index (χ3v) is 4.36. The molecule has 2 heterocycles. The number of hydrogen-bond donors (Lipinski definition) is 1. The number of nitrogens with zero attached hydrogens (tertiary/aromatic N) is 3.